The maximum Gasteiger partial charge on any atom is 0.407 e. The van der Waals surface area contributed by atoms with Crippen LogP contribution >= 0.6 is 15.9 Å². The molecule has 0 bridgehead atoms. The van der Waals surface area contributed by atoms with Crippen molar-refractivity contribution in [2.75, 3.05) is 44.9 Å². The Morgan fingerprint density at radius 3 is 2.31 bits per heavy atom. The van der Waals surface area contributed by atoms with Crippen molar-refractivity contribution in [2.45, 2.75) is 64.7 Å². The highest BCUT2D eigenvalue weighted by molar-refractivity contribution is 9.10. The Morgan fingerprint density at radius 2 is 1.57 bits per heavy atom. The highest BCUT2D eigenvalue weighted by atomic mass is 79.9. The molecule has 350 valence electrons. The van der Waals surface area contributed by atoms with E-state index in [4.69, 9.17) is 14.2 Å². The first-order chi connectivity index (χ1) is 32.9. The second-order valence-electron chi connectivity index (χ2n) is 17.6. The van der Waals surface area contributed by atoms with Gasteiger partial charge in [-0.2, -0.15) is 5.10 Å². The van der Waals surface area contributed by atoms with E-state index >= 15 is 0 Å². The summed E-state index contributed by atoms with van der Waals surface area (Å²) in [6.07, 6.45) is 4.09. The van der Waals surface area contributed by atoms with E-state index in [2.05, 4.69) is 83.1 Å². The van der Waals surface area contributed by atoms with Crippen LogP contribution in [0.1, 0.15) is 65.6 Å². The third kappa shape index (κ3) is 9.88. The van der Waals surface area contributed by atoms with E-state index in [0.717, 1.165) is 39.8 Å². The average molecular weight is 985 g/mol. The molecule has 68 heavy (non-hydrogen) atoms. The molecule has 0 unspecified atom stereocenters. The van der Waals surface area contributed by atoms with E-state index < -0.39 is 12.1 Å². The minimum atomic E-state index is -0.671. The molecule has 6 aromatic rings. The number of piperidine rings is 1. The van der Waals surface area contributed by atoms with Gasteiger partial charge in [0.15, 0.2) is 5.78 Å². The van der Waals surface area contributed by atoms with Gasteiger partial charge in [-0.3, -0.25) is 23.9 Å². The average Bonchev–Trinajstić information content (AvgIpc) is 3.56. The summed E-state index contributed by atoms with van der Waals surface area (Å²) in [4.78, 5) is 80.3. The number of halogens is 1. The standard InChI is InChI=1S/C50H50BrN9O8/c1-29-12-15-42(51)56-47(29)57-48(64)40-21-50(3)22-41(50)60(40)45(63)26-59-39-14-13-31(20-37(39)46(58-59)30(2)61)32-23-53-43(54-24-32)25-55-44(62)28-67-19-18-66-17-16-52-49(65)68-27-38-35-10-6-4-8-33(35)34-9-5-7-11-36(34)38/h4-15,20,23-24,38,40-41H,16-19,21-22,25-28H2,1-3H3,(H,52,65)(H,55,62)(H,56,57,64)/t40-,41+,50-/m0/s1. The molecule has 4 heterocycles. The molecule has 17 nitrogen and oxygen atoms in total. The van der Waals surface area contributed by atoms with Crippen LogP contribution in [-0.4, -0.2) is 111 Å². The third-order valence-electron chi connectivity index (χ3n) is 12.8. The molecule has 1 saturated carbocycles. The van der Waals surface area contributed by atoms with Gasteiger partial charge in [-0.1, -0.05) is 67.6 Å². The number of nitrogens with zero attached hydrogens (tertiary/aromatic N) is 6. The Balaban J connectivity index is 0.705. The van der Waals surface area contributed by atoms with Crippen LogP contribution in [0.5, 0.6) is 0 Å². The van der Waals surface area contributed by atoms with Gasteiger partial charge in [-0.05, 0) is 92.7 Å². The SMILES string of the molecule is CC(=O)c1nn(CC(=O)N2[C@H](C(=O)Nc3nc(Br)ccc3C)C[C@@]3(C)C[C@@H]23)c2ccc(-c3cnc(CNC(=O)COCCOCCNC(=O)OCC4c5ccccc5-c5ccccc54)nc3)cc12. The number of ether oxygens (including phenoxy) is 3. The zero-order chi connectivity index (χ0) is 47.5. The van der Waals surface area contributed by atoms with Crippen molar-refractivity contribution < 1.29 is 38.2 Å². The molecule has 3 aromatic heterocycles. The number of carbonyl (C=O) groups is 5. The van der Waals surface area contributed by atoms with Crippen molar-refractivity contribution >= 4 is 62.2 Å². The normalized spacial score (nSPS) is 17.9. The number of fused-ring (bicyclic) bond motifs is 5. The van der Waals surface area contributed by atoms with E-state index in [9.17, 15) is 24.0 Å². The number of aryl methyl sites for hydroxylation is 1. The number of nitrogens with one attached hydrogen (secondary N) is 3. The largest absolute Gasteiger partial charge is 0.449 e. The summed E-state index contributed by atoms with van der Waals surface area (Å²) in [6, 6.07) is 24.7. The Kier molecular flexibility index (Phi) is 13.4. The summed E-state index contributed by atoms with van der Waals surface area (Å²) in [7, 11) is 0. The topological polar surface area (TPSA) is 209 Å². The van der Waals surface area contributed by atoms with Gasteiger partial charge in [0, 0.05) is 48.8 Å². The quantitative estimate of drug-likeness (QED) is 0.0488. The number of carbonyl (C=O) groups excluding carboxylic acids is 5. The van der Waals surface area contributed by atoms with E-state index in [1.54, 1.807) is 29.4 Å². The smallest absolute Gasteiger partial charge is 0.407 e. The van der Waals surface area contributed by atoms with Crippen LogP contribution in [0.25, 0.3) is 33.2 Å². The van der Waals surface area contributed by atoms with Gasteiger partial charge in [0.05, 0.1) is 31.9 Å². The summed E-state index contributed by atoms with van der Waals surface area (Å²) in [6.45, 7) is 6.26. The molecule has 3 atom stereocenters. The van der Waals surface area contributed by atoms with Crippen molar-refractivity contribution in [1.29, 1.82) is 0 Å². The summed E-state index contributed by atoms with van der Waals surface area (Å²) < 4.78 is 18.6. The second-order valence-corrected chi connectivity index (χ2v) is 18.4. The number of benzene rings is 3. The first kappa shape index (κ1) is 46.2. The lowest BCUT2D eigenvalue weighted by Crippen LogP contribution is -2.47. The molecule has 1 aliphatic heterocycles. The first-order valence-corrected chi connectivity index (χ1v) is 23.2. The minimum Gasteiger partial charge on any atom is -0.449 e. The fourth-order valence-corrected chi connectivity index (χ4v) is 9.53. The van der Waals surface area contributed by atoms with Crippen molar-refractivity contribution in [3.05, 3.63) is 124 Å². The monoisotopic (exact) mass is 983 g/mol. The third-order valence-corrected chi connectivity index (χ3v) is 13.3. The Morgan fingerprint density at radius 1 is 0.853 bits per heavy atom. The molecule has 3 aromatic carbocycles. The fraction of sp³-hybridized carbons (Fsp3) is 0.340. The second kappa shape index (κ2) is 19.8. The molecule has 2 aliphatic carbocycles. The molecule has 4 amide bonds. The van der Waals surface area contributed by atoms with Crippen LogP contribution < -0.4 is 16.0 Å². The van der Waals surface area contributed by atoms with Crippen molar-refractivity contribution in [3.63, 3.8) is 0 Å². The summed E-state index contributed by atoms with van der Waals surface area (Å²) in [5, 5.41) is 13.5. The van der Waals surface area contributed by atoms with Crippen LogP contribution in [0.3, 0.4) is 0 Å². The number of hydrogen-bond donors (Lipinski definition) is 3. The van der Waals surface area contributed by atoms with Gasteiger partial charge < -0.3 is 35.1 Å². The lowest BCUT2D eigenvalue weighted by atomic mass is 9.98. The number of likely N-dealkylation sites (tertiary alicyclic amines) is 1. The number of Topliss-reactive ketones (excluding diaryl/α,β-unsaturated/α-hetero) is 1. The van der Waals surface area contributed by atoms with Crippen molar-refractivity contribution in [3.8, 4) is 22.3 Å². The molecule has 0 radical (unpaired) electrons. The van der Waals surface area contributed by atoms with Gasteiger partial charge in [0.2, 0.25) is 17.7 Å². The fourth-order valence-electron chi connectivity index (χ4n) is 9.22. The molecule has 2 fully saturated rings. The number of amides is 4. The van der Waals surface area contributed by atoms with E-state index in [0.29, 0.717) is 39.1 Å². The van der Waals surface area contributed by atoms with Gasteiger partial charge in [0.1, 0.15) is 47.7 Å². The summed E-state index contributed by atoms with van der Waals surface area (Å²) >= 11 is 3.36. The van der Waals surface area contributed by atoms with Crippen LogP contribution in [0.4, 0.5) is 10.6 Å². The number of aromatic nitrogens is 5. The Bertz CT molecular complexity index is 2880. The summed E-state index contributed by atoms with van der Waals surface area (Å²) in [5.41, 5.74) is 7.50. The molecule has 0 spiro atoms. The van der Waals surface area contributed by atoms with E-state index in [1.807, 2.05) is 49.4 Å². The lowest BCUT2D eigenvalue weighted by molar-refractivity contribution is -0.138. The van der Waals surface area contributed by atoms with Crippen molar-refractivity contribution in [2.24, 2.45) is 5.41 Å². The molecule has 18 heteroatoms. The number of alkyl carbamates (subject to hydrolysis) is 1. The predicted octanol–water partition coefficient (Wildman–Crippen LogP) is 6.37. The number of hydrogen-bond acceptors (Lipinski definition) is 12. The maximum absolute atomic E-state index is 14.0. The molecular weight excluding hydrogens is 935 g/mol. The van der Waals surface area contributed by atoms with Crippen LogP contribution in [-0.2, 0) is 41.7 Å². The zero-order valence-electron chi connectivity index (χ0n) is 37.8. The first-order valence-electron chi connectivity index (χ1n) is 22.5. The highest BCUT2D eigenvalue weighted by Gasteiger charge is 2.64. The molecule has 3 N–H and O–H groups in total. The lowest BCUT2D eigenvalue weighted by Gasteiger charge is -2.27. The van der Waals surface area contributed by atoms with Gasteiger partial charge in [-0.25, -0.2) is 19.7 Å². The van der Waals surface area contributed by atoms with Gasteiger partial charge in [0.25, 0.3) is 0 Å². The molecule has 1 saturated heterocycles. The molecule has 3 aliphatic rings. The van der Waals surface area contributed by atoms with Crippen LogP contribution in [0, 0.1) is 12.3 Å². The number of pyridine rings is 1. The maximum atomic E-state index is 14.0. The van der Waals surface area contributed by atoms with E-state index in [1.165, 1.54) is 11.6 Å². The van der Waals surface area contributed by atoms with E-state index in [-0.39, 0.29) is 99.2 Å². The van der Waals surface area contributed by atoms with Gasteiger partial charge in [-0.15, -0.1) is 0 Å². The highest BCUT2D eigenvalue weighted by Crippen LogP contribution is 2.59. The number of anilines is 1. The molecule has 9 rings (SSSR count). The van der Waals surface area contributed by atoms with Crippen LogP contribution in [0.2, 0.25) is 0 Å². The Hall–Kier alpha value is -6.89. The predicted molar refractivity (Wildman–Crippen MR) is 254 cm³/mol. The Labute approximate surface area is 400 Å². The summed E-state index contributed by atoms with van der Waals surface area (Å²) in [5.74, 6) is -0.361. The molecular formula is C50H50BrN9O8. The van der Waals surface area contributed by atoms with Crippen LogP contribution in [0.15, 0.2) is 95.9 Å². The zero-order valence-corrected chi connectivity index (χ0v) is 39.4. The van der Waals surface area contributed by atoms with Gasteiger partial charge >= 0.3 is 6.09 Å². The van der Waals surface area contributed by atoms with Crippen molar-refractivity contribution in [1.82, 2.24) is 40.3 Å². The number of ketones is 1. The minimum absolute atomic E-state index is 0.0183. The number of rotatable bonds is 18.